The van der Waals surface area contributed by atoms with Crippen LogP contribution < -0.4 is 5.32 Å². The third kappa shape index (κ3) is 3.09. The lowest BCUT2D eigenvalue weighted by atomic mass is 10.1. The van der Waals surface area contributed by atoms with Gasteiger partial charge in [0.05, 0.1) is 11.6 Å². The van der Waals surface area contributed by atoms with Crippen molar-refractivity contribution in [3.8, 4) is 0 Å². The van der Waals surface area contributed by atoms with Gasteiger partial charge < -0.3 is 10.4 Å². The standard InChI is InChI=1S/C11H13NO3/c1-7(12-8(2)13)9-3-5-10(6-4-9)11(14)15/h3-7H,1-2H3,(H,12,13)(H,14,15)/t7-/m1/s1. The van der Waals surface area contributed by atoms with Gasteiger partial charge in [0.1, 0.15) is 0 Å². The van der Waals surface area contributed by atoms with Crippen LogP contribution >= 0.6 is 0 Å². The molecule has 0 saturated heterocycles. The zero-order valence-electron chi connectivity index (χ0n) is 8.65. The number of carboxylic acid groups (broad SMARTS) is 1. The van der Waals surface area contributed by atoms with E-state index in [1.54, 1.807) is 12.1 Å². The van der Waals surface area contributed by atoms with Crippen molar-refractivity contribution in [1.29, 1.82) is 0 Å². The van der Waals surface area contributed by atoms with Crippen LogP contribution in [0.1, 0.15) is 35.8 Å². The lowest BCUT2D eigenvalue weighted by Gasteiger charge is -2.12. The number of rotatable bonds is 3. The molecule has 0 spiro atoms. The average molecular weight is 207 g/mol. The van der Waals surface area contributed by atoms with Crippen molar-refractivity contribution in [3.05, 3.63) is 35.4 Å². The number of aromatic carboxylic acids is 1. The predicted octanol–water partition coefficient (Wildman–Crippen LogP) is 1.58. The molecule has 0 aliphatic carbocycles. The number of nitrogens with one attached hydrogen (secondary N) is 1. The molecule has 0 aromatic heterocycles. The van der Waals surface area contributed by atoms with Crippen LogP contribution in [0.2, 0.25) is 0 Å². The fraction of sp³-hybridized carbons (Fsp3) is 0.273. The van der Waals surface area contributed by atoms with Gasteiger partial charge in [0, 0.05) is 6.92 Å². The molecule has 1 amide bonds. The minimum absolute atomic E-state index is 0.106. The van der Waals surface area contributed by atoms with Crippen molar-refractivity contribution in [1.82, 2.24) is 5.32 Å². The largest absolute Gasteiger partial charge is 0.478 e. The fourth-order valence-electron chi connectivity index (χ4n) is 1.30. The van der Waals surface area contributed by atoms with Crippen molar-refractivity contribution in [3.63, 3.8) is 0 Å². The van der Waals surface area contributed by atoms with E-state index in [1.807, 2.05) is 6.92 Å². The van der Waals surface area contributed by atoms with Gasteiger partial charge in [-0.1, -0.05) is 12.1 Å². The van der Waals surface area contributed by atoms with Gasteiger partial charge in [-0.2, -0.15) is 0 Å². The molecule has 4 nitrogen and oxygen atoms in total. The number of carbonyl (C=O) groups is 2. The van der Waals surface area contributed by atoms with Gasteiger partial charge >= 0.3 is 5.97 Å². The Labute approximate surface area is 87.9 Å². The Kier molecular flexibility index (Phi) is 3.44. The molecule has 0 heterocycles. The Morgan fingerprint density at radius 3 is 2.20 bits per heavy atom. The van der Waals surface area contributed by atoms with Crippen LogP contribution in [0.4, 0.5) is 0 Å². The van der Waals surface area contributed by atoms with E-state index in [1.165, 1.54) is 19.1 Å². The van der Waals surface area contributed by atoms with E-state index in [2.05, 4.69) is 5.32 Å². The molecule has 0 saturated carbocycles. The molecule has 1 aromatic rings. The van der Waals surface area contributed by atoms with E-state index in [0.717, 1.165) is 5.56 Å². The first kappa shape index (κ1) is 11.2. The summed E-state index contributed by atoms with van der Waals surface area (Å²) in [5, 5.41) is 11.4. The molecule has 1 rings (SSSR count). The first-order valence-corrected chi connectivity index (χ1v) is 4.61. The molecule has 0 radical (unpaired) electrons. The van der Waals surface area contributed by atoms with Crippen molar-refractivity contribution in [2.45, 2.75) is 19.9 Å². The highest BCUT2D eigenvalue weighted by Gasteiger charge is 2.07. The lowest BCUT2D eigenvalue weighted by Crippen LogP contribution is -2.23. The third-order valence-corrected chi connectivity index (χ3v) is 2.08. The Morgan fingerprint density at radius 1 is 1.27 bits per heavy atom. The second-order valence-electron chi connectivity index (χ2n) is 3.35. The molecule has 80 valence electrons. The van der Waals surface area contributed by atoms with Gasteiger partial charge in [0.25, 0.3) is 0 Å². The van der Waals surface area contributed by atoms with Crippen molar-refractivity contribution < 1.29 is 14.7 Å². The minimum atomic E-state index is -0.950. The topological polar surface area (TPSA) is 66.4 Å². The van der Waals surface area contributed by atoms with E-state index in [-0.39, 0.29) is 17.5 Å². The van der Waals surface area contributed by atoms with Gasteiger partial charge in [-0.05, 0) is 24.6 Å². The van der Waals surface area contributed by atoms with Crippen LogP contribution in [-0.2, 0) is 4.79 Å². The highest BCUT2D eigenvalue weighted by molar-refractivity contribution is 5.87. The van der Waals surface area contributed by atoms with Crippen LogP contribution in [0.15, 0.2) is 24.3 Å². The molecule has 2 N–H and O–H groups in total. The highest BCUT2D eigenvalue weighted by Crippen LogP contribution is 2.13. The minimum Gasteiger partial charge on any atom is -0.478 e. The van der Waals surface area contributed by atoms with Crippen LogP contribution in [0.3, 0.4) is 0 Å². The van der Waals surface area contributed by atoms with Gasteiger partial charge in [0.15, 0.2) is 0 Å². The normalized spacial score (nSPS) is 11.9. The molecular formula is C11H13NO3. The molecule has 0 unspecified atom stereocenters. The molecular weight excluding hydrogens is 194 g/mol. The van der Waals surface area contributed by atoms with E-state index < -0.39 is 5.97 Å². The first-order chi connectivity index (χ1) is 7.00. The maximum Gasteiger partial charge on any atom is 0.335 e. The van der Waals surface area contributed by atoms with Gasteiger partial charge in [-0.3, -0.25) is 4.79 Å². The lowest BCUT2D eigenvalue weighted by molar-refractivity contribution is -0.119. The zero-order valence-corrected chi connectivity index (χ0v) is 8.65. The summed E-state index contributed by atoms with van der Waals surface area (Å²) in [6.45, 7) is 3.29. The SMILES string of the molecule is CC(=O)N[C@H](C)c1ccc(C(=O)O)cc1. The Hall–Kier alpha value is -1.84. The second-order valence-corrected chi connectivity index (χ2v) is 3.35. The summed E-state index contributed by atoms with van der Waals surface area (Å²) < 4.78 is 0. The van der Waals surface area contributed by atoms with E-state index in [4.69, 9.17) is 5.11 Å². The average Bonchev–Trinajstić information content (AvgIpc) is 2.17. The summed E-state index contributed by atoms with van der Waals surface area (Å²) in [6.07, 6.45) is 0. The molecule has 0 bridgehead atoms. The van der Waals surface area contributed by atoms with Crippen molar-refractivity contribution in [2.75, 3.05) is 0 Å². The highest BCUT2D eigenvalue weighted by atomic mass is 16.4. The summed E-state index contributed by atoms with van der Waals surface area (Å²) in [7, 11) is 0. The van der Waals surface area contributed by atoms with E-state index >= 15 is 0 Å². The molecule has 0 aliphatic rings. The quantitative estimate of drug-likeness (QED) is 0.790. The van der Waals surface area contributed by atoms with Gasteiger partial charge in [-0.15, -0.1) is 0 Å². The van der Waals surface area contributed by atoms with E-state index in [9.17, 15) is 9.59 Å². The molecule has 4 heteroatoms. The smallest absolute Gasteiger partial charge is 0.335 e. The number of hydrogen-bond donors (Lipinski definition) is 2. The van der Waals surface area contributed by atoms with Crippen LogP contribution in [0.5, 0.6) is 0 Å². The van der Waals surface area contributed by atoms with E-state index in [0.29, 0.717) is 0 Å². The maximum absolute atomic E-state index is 10.8. The Morgan fingerprint density at radius 2 is 1.80 bits per heavy atom. The van der Waals surface area contributed by atoms with Crippen LogP contribution in [0.25, 0.3) is 0 Å². The number of hydrogen-bond acceptors (Lipinski definition) is 2. The maximum atomic E-state index is 10.8. The fourth-order valence-corrected chi connectivity index (χ4v) is 1.30. The number of benzene rings is 1. The summed E-state index contributed by atoms with van der Waals surface area (Å²) >= 11 is 0. The summed E-state index contributed by atoms with van der Waals surface area (Å²) in [6, 6.07) is 6.34. The van der Waals surface area contributed by atoms with Gasteiger partial charge in [-0.25, -0.2) is 4.79 Å². The first-order valence-electron chi connectivity index (χ1n) is 4.61. The monoisotopic (exact) mass is 207 g/mol. The molecule has 0 aliphatic heterocycles. The third-order valence-electron chi connectivity index (χ3n) is 2.08. The Balaban J connectivity index is 2.79. The summed E-state index contributed by atoms with van der Waals surface area (Å²) in [5.41, 5.74) is 1.13. The second kappa shape index (κ2) is 4.59. The summed E-state index contributed by atoms with van der Waals surface area (Å²) in [4.78, 5) is 21.4. The molecule has 0 fully saturated rings. The van der Waals surface area contributed by atoms with Gasteiger partial charge in [0.2, 0.25) is 5.91 Å². The zero-order chi connectivity index (χ0) is 11.4. The van der Waals surface area contributed by atoms with Crippen molar-refractivity contribution >= 4 is 11.9 Å². The Bertz CT molecular complexity index is 370. The number of carboxylic acids is 1. The molecule has 1 aromatic carbocycles. The number of amides is 1. The number of carbonyl (C=O) groups excluding carboxylic acids is 1. The molecule has 1 atom stereocenters. The predicted molar refractivity (Wildman–Crippen MR) is 55.6 cm³/mol. The van der Waals surface area contributed by atoms with Crippen LogP contribution in [-0.4, -0.2) is 17.0 Å². The molecule has 15 heavy (non-hydrogen) atoms. The van der Waals surface area contributed by atoms with Crippen molar-refractivity contribution in [2.24, 2.45) is 0 Å². The summed E-state index contributed by atoms with van der Waals surface area (Å²) in [5.74, 6) is -1.06. The van der Waals surface area contributed by atoms with Crippen LogP contribution in [0, 0.1) is 0 Å².